The molecule has 24 heavy (non-hydrogen) atoms. The molecular weight excluding hydrogens is 326 g/mol. The molecule has 0 N–H and O–H groups in total. The monoisotopic (exact) mass is 347 g/mol. The Kier molecular flexibility index (Phi) is 4.51. The lowest BCUT2D eigenvalue weighted by molar-refractivity contribution is 0.0798. The molecule has 5 nitrogen and oxygen atoms in total. The van der Waals surface area contributed by atoms with Gasteiger partial charge in [0.1, 0.15) is 12.7 Å². The third-order valence-corrected chi connectivity index (χ3v) is 6.03. The minimum Gasteiger partial charge on any atom is -0.486 e. The Labute approximate surface area is 142 Å². The van der Waals surface area contributed by atoms with Crippen LogP contribution in [0.5, 0.6) is 11.5 Å². The third kappa shape index (κ3) is 3.25. The van der Waals surface area contributed by atoms with Crippen LogP contribution in [0, 0.1) is 13.8 Å². The van der Waals surface area contributed by atoms with E-state index < -0.39 is 10.0 Å². The molecule has 3 rings (SSSR count). The van der Waals surface area contributed by atoms with Crippen LogP contribution in [0.25, 0.3) is 0 Å². The van der Waals surface area contributed by atoms with Gasteiger partial charge < -0.3 is 9.47 Å². The first-order valence-electron chi connectivity index (χ1n) is 7.80. The first-order valence-corrected chi connectivity index (χ1v) is 9.24. The van der Waals surface area contributed by atoms with Crippen LogP contribution in [0.1, 0.15) is 11.1 Å². The molecule has 1 aliphatic heterocycles. The minimum absolute atomic E-state index is 0.226. The molecule has 0 fully saturated rings. The topological polar surface area (TPSA) is 55.8 Å². The number of hydrogen-bond acceptors (Lipinski definition) is 4. The van der Waals surface area contributed by atoms with Crippen LogP contribution in [-0.4, -0.2) is 39.0 Å². The molecule has 0 spiro atoms. The van der Waals surface area contributed by atoms with Crippen molar-refractivity contribution < 1.29 is 17.9 Å². The van der Waals surface area contributed by atoms with E-state index in [0.29, 0.717) is 23.0 Å². The van der Waals surface area contributed by atoms with Crippen molar-refractivity contribution in [3.63, 3.8) is 0 Å². The third-order valence-electron chi connectivity index (χ3n) is 4.21. The molecule has 0 aromatic heterocycles. The van der Waals surface area contributed by atoms with Crippen LogP contribution >= 0.6 is 0 Å². The lowest BCUT2D eigenvalue weighted by Crippen LogP contribution is -2.41. The summed E-state index contributed by atoms with van der Waals surface area (Å²) in [6, 6.07) is 12.6. The van der Waals surface area contributed by atoms with E-state index in [1.54, 1.807) is 19.2 Å². The summed E-state index contributed by atoms with van der Waals surface area (Å²) < 4.78 is 38.3. The molecule has 2 aromatic rings. The fraction of sp³-hybridized carbons (Fsp3) is 0.333. The molecule has 128 valence electrons. The molecule has 6 heteroatoms. The Bertz CT molecular complexity index is 848. The number of fused-ring (bicyclic) bond motifs is 1. The second-order valence-electron chi connectivity index (χ2n) is 6.03. The van der Waals surface area contributed by atoms with Gasteiger partial charge in [-0.2, -0.15) is 4.31 Å². The summed E-state index contributed by atoms with van der Waals surface area (Å²) in [4.78, 5) is 0.297. The average molecular weight is 347 g/mol. The number of aryl methyl sites for hydroxylation is 2. The molecule has 0 saturated heterocycles. The van der Waals surface area contributed by atoms with Crippen LogP contribution in [-0.2, 0) is 10.0 Å². The predicted molar refractivity (Wildman–Crippen MR) is 92.1 cm³/mol. The highest BCUT2D eigenvalue weighted by Gasteiger charge is 2.28. The van der Waals surface area contributed by atoms with E-state index in [-0.39, 0.29) is 12.6 Å². The number of para-hydroxylation sites is 2. The SMILES string of the molecule is Cc1ccc(S(=O)(=O)N(C)CC2COc3ccccc3O2)cc1C. The van der Waals surface area contributed by atoms with Crippen LogP contribution in [0.3, 0.4) is 0 Å². The largest absolute Gasteiger partial charge is 0.486 e. The normalized spacial score (nSPS) is 17.1. The van der Waals surface area contributed by atoms with E-state index in [1.165, 1.54) is 4.31 Å². The second kappa shape index (κ2) is 6.45. The highest BCUT2D eigenvalue weighted by molar-refractivity contribution is 7.89. The van der Waals surface area contributed by atoms with Gasteiger partial charge in [0.15, 0.2) is 11.5 Å². The fourth-order valence-corrected chi connectivity index (χ4v) is 3.88. The summed E-state index contributed by atoms with van der Waals surface area (Å²) in [5.41, 5.74) is 2.02. The van der Waals surface area contributed by atoms with Crippen molar-refractivity contribution in [2.45, 2.75) is 24.8 Å². The summed E-state index contributed by atoms with van der Waals surface area (Å²) in [6.45, 7) is 4.41. The summed E-state index contributed by atoms with van der Waals surface area (Å²) in [6.07, 6.45) is -0.341. The molecule has 1 atom stereocenters. The van der Waals surface area contributed by atoms with Gasteiger partial charge in [0, 0.05) is 7.05 Å². The van der Waals surface area contributed by atoms with Gasteiger partial charge in [-0.15, -0.1) is 0 Å². The Hall–Kier alpha value is -2.05. The van der Waals surface area contributed by atoms with Crippen LogP contribution < -0.4 is 9.47 Å². The van der Waals surface area contributed by atoms with Crippen molar-refractivity contribution in [3.8, 4) is 11.5 Å². The van der Waals surface area contributed by atoms with Gasteiger partial charge in [0.25, 0.3) is 0 Å². The Balaban J connectivity index is 1.74. The molecular formula is C18H21NO4S. The Morgan fingerprint density at radius 3 is 2.50 bits per heavy atom. The van der Waals surface area contributed by atoms with E-state index >= 15 is 0 Å². The number of ether oxygens (including phenoxy) is 2. The van der Waals surface area contributed by atoms with Gasteiger partial charge in [0.05, 0.1) is 11.4 Å². The molecule has 0 aliphatic carbocycles. The molecule has 0 amide bonds. The van der Waals surface area contributed by atoms with Crippen molar-refractivity contribution in [2.24, 2.45) is 0 Å². The number of benzene rings is 2. The van der Waals surface area contributed by atoms with Crippen LogP contribution in [0.15, 0.2) is 47.4 Å². The molecule has 0 radical (unpaired) electrons. The summed E-state index contributed by atoms with van der Waals surface area (Å²) >= 11 is 0. The summed E-state index contributed by atoms with van der Waals surface area (Å²) in [5.74, 6) is 1.33. The maximum absolute atomic E-state index is 12.7. The highest BCUT2D eigenvalue weighted by atomic mass is 32.2. The number of sulfonamides is 1. The van der Waals surface area contributed by atoms with E-state index in [0.717, 1.165) is 11.1 Å². The van der Waals surface area contributed by atoms with Crippen LogP contribution in [0.2, 0.25) is 0 Å². The van der Waals surface area contributed by atoms with Gasteiger partial charge >= 0.3 is 0 Å². The molecule has 0 bridgehead atoms. The lowest BCUT2D eigenvalue weighted by atomic mass is 10.1. The predicted octanol–water partition coefficient (Wildman–Crippen LogP) is 2.76. The fourth-order valence-electron chi connectivity index (χ4n) is 2.59. The second-order valence-corrected chi connectivity index (χ2v) is 8.07. The zero-order chi connectivity index (χ0) is 17.3. The van der Waals surface area contributed by atoms with Crippen molar-refractivity contribution >= 4 is 10.0 Å². The zero-order valence-corrected chi connectivity index (χ0v) is 14.8. The number of rotatable bonds is 4. The van der Waals surface area contributed by atoms with Crippen molar-refractivity contribution in [1.82, 2.24) is 4.31 Å². The van der Waals surface area contributed by atoms with E-state index in [4.69, 9.17) is 9.47 Å². The molecule has 1 aliphatic rings. The lowest BCUT2D eigenvalue weighted by Gasteiger charge is -2.29. The average Bonchev–Trinajstić information content (AvgIpc) is 2.57. The van der Waals surface area contributed by atoms with E-state index in [2.05, 4.69) is 0 Å². The molecule has 0 saturated carbocycles. The van der Waals surface area contributed by atoms with Crippen molar-refractivity contribution in [2.75, 3.05) is 20.2 Å². The first-order chi connectivity index (χ1) is 11.4. The Morgan fingerprint density at radius 1 is 1.08 bits per heavy atom. The van der Waals surface area contributed by atoms with Crippen molar-refractivity contribution in [1.29, 1.82) is 0 Å². The van der Waals surface area contributed by atoms with Gasteiger partial charge in [-0.1, -0.05) is 18.2 Å². The molecule has 1 heterocycles. The summed E-state index contributed by atoms with van der Waals surface area (Å²) in [7, 11) is -1.99. The smallest absolute Gasteiger partial charge is 0.242 e. The maximum Gasteiger partial charge on any atom is 0.242 e. The standard InChI is InChI=1S/C18H21NO4S/c1-13-8-9-16(10-14(13)2)24(20,21)19(3)11-15-12-22-17-6-4-5-7-18(17)23-15/h4-10,15H,11-12H2,1-3H3. The summed E-state index contributed by atoms with van der Waals surface area (Å²) in [5, 5.41) is 0. The van der Waals surface area contributed by atoms with E-state index in [1.807, 2.05) is 44.2 Å². The zero-order valence-electron chi connectivity index (χ0n) is 14.0. The van der Waals surface area contributed by atoms with Gasteiger partial charge in [-0.05, 0) is 49.2 Å². The van der Waals surface area contributed by atoms with Gasteiger partial charge in [-0.25, -0.2) is 8.42 Å². The first kappa shape index (κ1) is 16.8. The quantitative estimate of drug-likeness (QED) is 0.853. The van der Waals surface area contributed by atoms with E-state index in [9.17, 15) is 8.42 Å². The van der Waals surface area contributed by atoms with Gasteiger partial charge in [-0.3, -0.25) is 0 Å². The van der Waals surface area contributed by atoms with Gasteiger partial charge in [0.2, 0.25) is 10.0 Å². The highest BCUT2D eigenvalue weighted by Crippen LogP contribution is 2.31. The maximum atomic E-state index is 12.7. The molecule has 2 aromatic carbocycles. The number of nitrogens with zero attached hydrogens (tertiary/aromatic N) is 1. The van der Waals surface area contributed by atoms with Crippen LogP contribution in [0.4, 0.5) is 0 Å². The number of hydrogen-bond donors (Lipinski definition) is 0. The minimum atomic E-state index is -3.56. The van der Waals surface area contributed by atoms with Crippen molar-refractivity contribution in [3.05, 3.63) is 53.6 Å². The number of likely N-dealkylation sites (N-methyl/N-ethyl adjacent to an activating group) is 1. The Morgan fingerprint density at radius 2 is 1.79 bits per heavy atom. The molecule has 1 unspecified atom stereocenters.